The SMILES string of the molecule is O=C(CNC(=O)c1ccccc1Br)N/N=C\c1ccc([N+](=O)[O-])c(O)c1. The Hall–Kier alpha value is -3.27. The van der Waals surface area contributed by atoms with Crippen LogP contribution in [0, 0.1) is 10.1 Å². The molecule has 0 aliphatic heterocycles. The van der Waals surface area contributed by atoms with Crippen molar-refractivity contribution in [3.8, 4) is 5.75 Å². The molecule has 2 aromatic carbocycles. The molecule has 0 atom stereocenters. The maximum atomic E-state index is 11.9. The largest absolute Gasteiger partial charge is 0.502 e. The van der Waals surface area contributed by atoms with E-state index in [-0.39, 0.29) is 6.54 Å². The number of phenols is 1. The predicted octanol–water partition coefficient (Wildman–Crippen LogP) is 1.94. The lowest BCUT2D eigenvalue weighted by Gasteiger charge is -2.05. The highest BCUT2D eigenvalue weighted by atomic mass is 79.9. The summed E-state index contributed by atoms with van der Waals surface area (Å²) in [6.07, 6.45) is 1.21. The van der Waals surface area contributed by atoms with Gasteiger partial charge in [0.25, 0.3) is 11.8 Å². The van der Waals surface area contributed by atoms with Gasteiger partial charge in [-0.15, -0.1) is 0 Å². The summed E-state index contributed by atoms with van der Waals surface area (Å²) in [4.78, 5) is 33.5. The number of rotatable bonds is 6. The van der Waals surface area contributed by atoms with E-state index in [1.165, 1.54) is 12.3 Å². The van der Waals surface area contributed by atoms with Gasteiger partial charge in [0.15, 0.2) is 5.75 Å². The summed E-state index contributed by atoms with van der Waals surface area (Å²) in [6.45, 7) is -0.289. The number of hydrazone groups is 1. The lowest BCUT2D eigenvalue weighted by atomic mass is 10.2. The van der Waals surface area contributed by atoms with Crippen LogP contribution in [0.25, 0.3) is 0 Å². The minimum atomic E-state index is -0.716. The minimum absolute atomic E-state index is 0.289. The number of carbonyl (C=O) groups is 2. The van der Waals surface area contributed by atoms with E-state index in [0.29, 0.717) is 15.6 Å². The predicted molar refractivity (Wildman–Crippen MR) is 97.0 cm³/mol. The van der Waals surface area contributed by atoms with Crippen LogP contribution in [0.5, 0.6) is 5.75 Å². The summed E-state index contributed by atoms with van der Waals surface area (Å²) in [5, 5.41) is 26.2. The molecule has 0 heterocycles. The smallest absolute Gasteiger partial charge is 0.310 e. The highest BCUT2D eigenvalue weighted by molar-refractivity contribution is 9.10. The van der Waals surface area contributed by atoms with Crippen LogP contribution < -0.4 is 10.7 Å². The number of hydrogen-bond donors (Lipinski definition) is 3. The van der Waals surface area contributed by atoms with E-state index in [1.807, 2.05) is 0 Å². The Kier molecular flexibility index (Phi) is 6.39. The Morgan fingerprint density at radius 3 is 2.65 bits per heavy atom. The molecule has 134 valence electrons. The number of nitro benzene ring substituents is 1. The molecule has 0 aliphatic carbocycles. The van der Waals surface area contributed by atoms with Crippen LogP contribution in [-0.2, 0) is 4.79 Å². The fourth-order valence-electron chi connectivity index (χ4n) is 1.89. The third-order valence-corrected chi connectivity index (χ3v) is 3.82. The molecular formula is C16H13BrN4O5. The van der Waals surface area contributed by atoms with Crippen LogP contribution in [-0.4, -0.2) is 34.6 Å². The summed E-state index contributed by atoms with van der Waals surface area (Å²) in [5.74, 6) is -1.49. The van der Waals surface area contributed by atoms with Gasteiger partial charge in [0.1, 0.15) is 0 Å². The highest BCUT2D eigenvalue weighted by Crippen LogP contribution is 2.25. The Balaban J connectivity index is 1.86. The van der Waals surface area contributed by atoms with Crippen LogP contribution in [0.4, 0.5) is 5.69 Å². The van der Waals surface area contributed by atoms with E-state index in [4.69, 9.17) is 0 Å². The van der Waals surface area contributed by atoms with Gasteiger partial charge in [-0.25, -0.2) is 5.43 Å². The zero-order chi connectivity index (χ0) is 19.1. The van der Waals surface area contributed by atoms with Crippen molar-refractivity contribution in [2.24, 2.45) is 5.10 Å². The molecule has 3 N–H and O–H groups in total. The molecule has 0 unspecified atom stereocenters. The molecule has 2 rings (SSSR count). The molecule has 0 aliphatic rings. The quantitative estimate of drug-likeness (QED) is 0.372. The van der Waals surface area contributed by atoms with E-state index in [9.17, 15) is 24.8 Å². The van der Waals surface area contributed by atoms with Crippen LogP contribution in [0.2, 0.25) is 0 Å². The topological polar surface area (TPSA) is 134 Å². The van der Waals surface area contributed by atoms with Crippen molar-refractivity contribution in [3.63, 3.8) is 0 Å². The van der Waals surface area contributed by atoms with Gasteiger partial charge in [0.2, 0.25) is 0 Å². The van der Waals surface area contributed by atoms with Gasteiger partial charge in [-0.3, -0.25) is 19.7 Å². The number of carbonyl (C=O) groups excluding carboxylic acids is 2. The molecular weight excluding hydrogens is 408 g/mol. The number of benzene rings is 2. The average molecular weight is 421 g/mol. The van der Waals surface area contributed by atoms with Gasteiger partial charge in [0, 0.05) is 10.5 Å². The fourth-order valence-corrected chi connectivity index (χ4v) is 2.36. The normalized spacial score (nSPS) is 10.5. The summed E-state index contributed by atoms with van der Waals surface area (Å²) in [7, 11) is 0. The molecule has 0 saturated carbocycles. The van der Waals surface area contributed by atoms with E-state index in [1.54, 1.807) is 24.3 Å². The van der Waals surface area contributed by atoms with Crippen LogP contribution in [0.1, 0.15) is 15.9 Å². The lowest BCUT2D eigenvalue weighted by molar-refractivity contribution is -0.385. The van der Waals surface area contributed by atoms with Crippen LogP contribution in [0.15, 0.2) is 52.0 Å². The van der Waals surface area contributed by atoms with Gasteiger partial charge < -0.3 is 10.4 Å². The molecule has 0 spiro atoms. The first-order valence-corrected chi connectivity index (χ1v) is 8.00. The second-order valence-corrected chi connectivity index (χ2v) is 5.82. The molecule has 10 heteroatoms. The number of amides is 2. The minimum Gasteiger partial charge on any atom is -0.502 e. The molecule has 0 saturated heterocycles. The standard InChI is InChI=1S/C16H13BrN4O5/c17-12-4-2-1-3-11(12)16(24)18-9-15(23)20-19-8-10-5-6-13(21(25)26)14(22)7-10/h1-8,22H,9H2,(H,18,24)(H,20,23)/b19-8-. The van der Waals surface area contributed by atoms with Crippen molar-refractivity contribution in [1.29, 1.82) is 0 Å². The van der Waals surface area contributed by atoms with Crippen molar-refractivity contribution in [3.05, 3.63) is 68.2 Å². The van der Waals surface area contributed by atoms with E-state index in [2.05, 4.69) is 31.8 Å². The van der Waals surface area contributed by atoms with Crippen molar-refractivity contribution in [1.82, 2.24) is 10.7 Å². The molecule has 0 aromatic heterocycles. The van der Waals surface area contributed by atoms with Gasteiger partial charge in [-0.2, -0.15) is 5.10 Å². The first-order chi connectivity index (χ1) is 12.4. The Morgan fingerprint density at radius 1 is 1.27 bits per heavy atom. The fraction of sp³-hybridized carbons (Fsp3) is 0.0625. The summed E-state index contributed by atoms with van der Waals surface area (Å²) in [5.41, 5.74) is 2.51. The molecule has 2 aromatic rings. The Bertz CT molecular complexity index is 885. The average Bonchev–Trinajstić information content (AvgIpc) is 2.60. The number of phenolic OH excluding ortho intramolecular Hbond substituents is 1. The van der Waals surface area contributed by atoms with E-state index < -0.39 is 28.2 Å². The number of halogens is 1. The summed E-state index contributed by atoms with van der Waals surface area (Å²) < 4.78 is 0.605. The number of nitrogens with zero attached hydrogens (tertiary/aromatic N) is 2. The first-order valence-electron chi connectivity index (χ1n) is 7.20. The van der Waals surface area contributed by atoms with Crippen LogP contribution >= 0.6 is 15.9 Å². The van der Waals surface area contributed by atoms with Gasteiger partial charge in [0.05, 0.1) is 23.2 Å². The second-order valence-electron chi connectivity index (χ2n) is 4.96. The van der Waals surface area contributed by atoms with Gasteiger partial charge >= 0.3 is 5.69 Å². The number of aromatic hydroxyl groups is 1. The molecule has 0 radical (unpaired) electrons. The van der Waals surface area contributed by atoms with E-state index >= 15 is 0 Å². The highest BCUT2D eigenvalue weighted by Gasteiger charge is 2.12. The number of nitrogens with one attached hydrogen (secondary N) is 2. The lowest BCUT2D eigenvalue weighted by Crippen LogP contribution is -2.35. The van der Waals surface area contributed by atoms with Crippen molar-refractivity contribution in [2.45, 2.75) is 0 Å². The monoisotopic (exact) mass is 420 g/mol. The molecule has 9 nitrogen and oxygen atoms in total. The number of hydrogen-bond acceptors (Lipinski definition) is 6. The van der Waals surface area contributed by atoms with E-state index in [0.717, 1.165) is 12.1 Å². The van der Waals surface area contributed by atoms with Crippen molar-refractivity contribution < 1.29 is 19.6 Å². The summed E-state index contributed by atoms with van der Waals surface area (Å²) in [6, 6.07) is 10.4. The zero-order valence-electron chi connectivity index (χ0n) is 13.2. The maximum absolute atomic E-state index is 11.9. The first kappa shape index (κ1) is 19.1. The van der Waals surface area contributed by atoms with Crippen molar-refractivity contribution >= 4 is 39.6 Å². The van der Waals surface area contributed by atoms with Gasteiger partial charge in [-0.05, 0) is 45.8 Å². The molecule has 0 bridgehead atoms. The molecule has 2 amide bonds. The Morgan fingerprint density at radius 2 is 2.00 bits per heavy atom. The molecule has 26 heavy (non-hydrogen) atoms. The third kappa shape index (κ3) is 5.11. The zero-order valence-corrected chi connectivity index (χ0v) is 14.8. The van der Waals surface area contributed by atoms with Gasteiger partial charge in [-0.1, -0.05) is 12.1 Å². The second kappa shape index (κ2) is 8.72. The third-order valence-electron chi connectivity index (χ3n) is 3.13. The number of nitro groups is 1. The molecule has 0 fully saturated rings. The Labute approximate surface area is 156 Å². The maximum Gasteiger partial charge on any atom is 0.310 e. The summed E-state index contributed by atoms with van der Waals surface area (Å²) >= 11 is 3.24. The van der Waals surface area contributed by atoms with Crippen LogP contribution in [0.3, 0.4) is 0 Å². The van der Waals surface area contributed by atoms with Crippen molar-refractivity contribution in [2.75, 3.05) is 6.54 Å².